The van der Waals surface area contributed by atoms with Crippen LogP contribution in [0.4, 0.5) is 5.82 Å². The number of benzene rings is 1. The van der Waals surface area contributed by atoms with Crippen LogP contribution in [0.15, 0.2) is 30.5 Å². The molecule has 1 aromatic carbocycles. The van der Waals surface area contributed by atoms with Gasteiger partial charge in [-0.25, -0.2) is 4.98 Å². The van der Waals surface area contributed by atoms with Gasteiger partial charge >= 0.3 is 0 Å². The summed E-state index contributed by atoms with van der Waals surface area (Å²) in [5, 5.41) is 14.6. The summed E-state index contributed by atoms with van der Waals surface area (Å²) in [6, 6.07) is 7.14. The molecule has 0 aliphatic heterocycles. The van der Waals surface area contributed by atoms with Gasteiger partial charge in [-0.15, -0.1) is 0 Å². The van der Waals surface area contributed by atoms with E-state index >= 15 is 0 Å². The maximum atomic E-state index is 9.50. The number of aromatic hydroxyl groups is 1. The molecular formula is C13H17N3O. The molecule has 2 aromatic rings. The largest absolute Gasteiger partial charge is 0.508 e. The Morgan fingerprint density at radius 1 is 1.35 bits per heavy atom. The van der Waals surface area contributed by atoms with E-state index in [1.807, 2.05) is 26.0 Å². The van der Waals surface area contributed by atoms with Crippen LogP contribution in [0, 0.1) is 0 Å². The molecule has 0 fully saturated rings. The Morgan fingerprint density at radius 3 is 2.82 bits per heavy atom. The highest BCUT2D eigenvalue weighted by Gasteiger charge is 2.11. The first-order chi connectivity index (χ1) is 7.96. The number of aromatic nitrogens is 1. The van der Waals surface area contributed by atoms with E-state index in [0.29, 0.717) is 6.54 Å². The number of phenolic OH excluding ortho intramolecular Hbond substituents is 1. The van der Waals surface area contributed by atoms with Crippen LogP contribution >= 0.6 is 0 Å². The highest BCUT2D eigenvalue weighted by molar-refractivity contribution is 5.92. The number of nitrogens with zero attached hydrogens (tertiary/aromatic N) is 1. The number of rotatable bonds is 3. The maximum Gasteiger partial charge on any atom is 0.134 e. The van der Waals surface area contributed by atoms with E-state index in [1.54, 1.807) is 18.3 Å². The molecule has 0 atom stereocenters. The number of nitrogens with two attached hydrogens (primary N) is 1. The molecule has 0 aliphatic carbocycles. The van der Waals surface area contributed by atoms with Gasteiger partial charge in [0.25, 0.3) is 0 Å². The quantitative estimate of drug-likeness (QED) is 0.756. The fourth-order valence-electron chi connectivity index (χ4n) is 1.61. The topological polar surface area (TPSA) is 71.2 Å². The molecule has 0 radical (unpaired) electrons. The standard InChI is InChI=1S/C13H17N3O/c1-13(2,14)8-16-12-11-7-10(17)4-3-9(11)5-6-15-12/h3-7,17H,8,14H2,1-2H3,(H,15,16). The minimum absolute atomic E-state index is 0.237. The lowest BCUT2D eigenvalue weighted by Gasteiger charge is -2.20. The van der Waals surface area contributed by atoms with Gasteiger partial charge < -0.3 is 16.2 Å². The van der Waals surface area contributed by atoms with E-state index < -0.39 is 0 Å². The third-order valence-corrected chi connectivity index (χ3v) is 2.46. The molecule has 1 heterocycles. The predicted octanol–water partition coefficient (Wildman–Crippen LogP) is 2.09. The Hall–Kier alpha value is -1.81. The van der Waals surface area contributed by atoms with Crippen molar-refractivity contribution in [3.63, 3.8) is 0 Å². The van der Waals surface area contributed by atoms with Crippen molar-refractivity contribution in [1.29, 1.82) is 0 Å². The van der Waals surface area contributed by atoms with Gasteiger partial charge in [-0.1, -0.05) is 6.07 Å². The van der Waals surface area contributed by atoms with Crippen molar-refractivity contribution in [2.45, 2.75) is 19.4 Å². The van der Waals surface area contributed by atoms with Crippen LogP contribution in [0.25, 0.3) is 10.8 Å². The number of anilines is 1. The zero-order chi connectivity index (χ0) is 12.5. The Labute approximate surface area is 100 Å². The first-order valence-electron chi connectivity index (χ1n) is 5.56. The minimum Gasteiger partial charge on any atom is -0.508 e. The van der Waals surface area contributed by atoms with Crippen LogP contribution in [0.2, 0.25) is 0 Å². The van der Waals surface area contributed by atoms with Gasteiger partial charge in [-0.05, 0) is 37.4 Å². The van der Waals surface area contributed by atoms with E-state index in [-0.39, 0.29) is 11.3 Å². The van der Waals surface area contributed by atoms with Gasteiger partial charge in [-0.3, -0.25) is 0 Å². The summed E-state index contributed by atoms with van der Waals surface area (Å²) in [4.78, 5) is 4.27. The molecule has 1 aromatic heterocycles. The molecule has 17 heavy (non-hydrogen) atoms. The molecule has 0 saturated heterocycles. The van der Waals surface area contributed by atoms with Crippen LogP contribution in [-0.4, -0.2) is 22.2 Å². The molecule has 4 N–H and O–H groups in total. The average Bonchev–Trinajstić information content (AvgIpc) is 2.25. The van der Waals surface area contributed by atoms with Crippen molar-refractivity contribution in [3.8, 4) is 5.75 Å². The van der Waals surface area contributed by atoms with Gasteiger partial charge in [0.1, 0.15) is 11.6 Å². The number of hydrogen-bond acceptors (Lipinski definition) is 4. The fraction of sp³-hybridized carbons (Fsp3) is 0.308. The Bertz CT molecular complexity index is 532. The van der Waals surface area contributed by atoms with Crippen molar-refractivity contribution in [2.75, 3.05) is 11.9 Å². The number of pyridine rings is 1. The van der Waals surface area contributed by atoms with Gasteiger partial charge in [0, 0.05) is 23.7 Å². The van der Waals surface area contributed by atoms with E-state index in [0.717, 1.165) is 16.6 Å². The third kappa shape index (κ3) is 2.85. The summed E-state index contributed by atoms with van der Waals surface area (Å²) in [7, 11) is 0. The molecule has 2 rings (SSSR count). The Morgan fingerprint density at radius 2 is 2.12 bits per heavy atom. The zero-order valence-corrected chi connectivity index (χ0v) is 10.1. The Balaban J connectivity index is 2.36. The van der Waals surface area contributed by atoms with Gasteiger partial charge in [0.2, 0.25) is 0 Å². The molecule has 90 valence electrons. The number of phenols is 1. The van der Waals surface area contributed by atoms with Gasteiger partial charge in [0.05, 0.1) is 0 Å². The van der Waals surface area contributed by atoms with Gasteiger partial charge in [0.15, 0.2) is 0 Å². The second kappa shape index (κ2) is 4.22. The van der Waals surface area contributed by atoms with Crippen molar-refractivity contribution in [2.24, 2.45) is 5.73 Å². The molecule has 4 heteroatoms. The lowest BCUT2D eigenvalue weighted by molar-refractivity contribution is 0.476. The first-order valence-corrected chi connectivity index (χ1v) is 5.56. The fourth-order valence-corrected chi connectivity index (χ4v) is 1.61. The highest BCUT2D eigenvalue weighted by atomic mass is 16.3. The molecule has 0 bridgehead atoms. The monoisotopic (exact) mass is 231 g/mol. The van der Waals surface area contributed by atoms with Gasteiger partial charge in [-0.2, -0.15) is 0 Å². The van der Waals surface area contributed by atoms with Crippen LogP contribution < -0.4 is 11.1 Å². The highest BCUT2D eigenvalue weighted by Crippen LogP contribution is 2.25. The summed E-state index contributed by atoms with van der Waals surface area (Å²) in [6.45, 7) is 4.51. The van der Waals surface area contributed by atoms with Crippen molar-refractivity contribution < 1.29 is 5.11 Å². The van der Waals surface area contributed by atoms with Crippen LogP contribution in [-0.2, 0) is 0 Å². The average molecular weight is 231 g/mol. The lowest BCUT2D eigenvalue weighted by atomic mass is 10.1. The molecule has 0 aliphatic rings. The molecular weight excluding hydrogens is 214 g/mol. The minimum atomic E-state index is -0.305. The molecule has 0 unspecified atom stereocenters. The second-order valence-corrected chi connectivity index (χ2v) is 4.91. The summed E-state index contributed by atoms with van der Waals surface area (Å²) in [5.41, 5.74) is 5.61. The molecule has 4 nitrogen and oxygen atoms in total. The van der Waals surface area contributed by atoms with E-state index in [2.05, 4.69) is 10.3 Å². The zero-order valence-electron chi connectivity index (χ0n) is 10.1. The SMILES string of the molecule is CC(C)(N)CNc1nccc2ccc(O)cc12. The van der Waals surface area contributed by atoms with Crippen LogP contribution in [0.5, 0.6) is 5.75 Å². The maximum absolute atomic E-state index is 9.50. The third-order valence-electron chi connectivity index (χ3n) is 2.46. The summed E-state index contributed by atoms with van der Waals surface area (Å²) in [6.07, 6.45) is 1.74. The molecule has 0 amide bonds. The second-order valence-electron chi connectivity index (χ2n) is 4.91. The summed E-state index contributed by atoms with van der Waals surface area (Å²) >= 11 is 0. The van der Waals surface area contributed by atoms with Crippen LogP contribution in [0.1, 0.15) is 13.8 Å². The lowest BCUT2D eigenvalue weighted by Crippen LogP contribution is -2.39. The van der Waals surface area contributed by atoms with Crippen molar-refractivity contribution >= 4 is 16.6 Å². The Kier molecular flexibility index (Phi) is 2.90. The van der Waals surface area contributed by atoms with E-state index in [4.69, 9.17) is 5.73 Å². The van der Waals surface area contributed by atoms with E-state index in [1.165, 1.54) is 0 Å². The normalized spacial score (nSPS) is 11.7. The molecule has 0 saturated carbocycles. The first kappa shape index (κ1) is 11.7. The summed E-state index contributed by atoms with van der Waals surface area (Å²) < 4.78 is 0. The van der Waals surface area contributed by atoms with Crippen LogP contribution in [0.3, 0.4) is 0 Å². The summed E-state index contributed by atoms with van der Waals surface area (Å²) in [5.74, 6) is 0.984. The molecule has 0 spiro atoms. The predicted molar refractivity (Wildman–Crippen MR) is 70.2 cm³/mol. The smallest absolute Gasteiger partial charge is 0.134 e. The number of nitrogens with one attached hydrogen (secondary N) is 1. The number of fused-ring (bicyclic) bond motifs is 1. The van der Waals surface area contributed by atoms with Crippen molar-refractivity contribution in [3.05, 3.63) is 30.5 Å². The number of hydrogen-bond donors (Lipinski definition) is 3. The van der Waals surface area contributed by atoms with Crippen molar-refractivity contribution in [1.82, 2.24) is 4.98 Å². The van der Waals surface area contributed by atoms with E-state index in [9.17, 15) is 5.11 Å².